The molecule has 18 heavy (non-hydrogen) atoms. The fraction of sp³-hybridized carbons (Fsp3) is 0.0769. The highest BCUT2D eigenvalue weighted by Gasteiger charge is 2.05. The molecule has 0 N–H and O–H groups in total. The Labute approximate surface area is 116 Å². The van der Waals surface area contributed by atoms with Crippen LogP contribution in [0.4, 0.5) is 8.78 Å². The van der Waals surface area contributed by atoms with Crippen LogP contribution in [0.15, 0.2) is 40.9 Å². The molecule has 0 atom stereocenters. The van der Waals surface area contributed by atoms with Gasteiger partial charge < -0.3 is 4.74 Å². The van der Waals surface area contributed by atoms with E-state index in [1.165, 1.54) is 30.3 Å². The highest BCUT2D eigenvalue weighted by molar-refractivity contribution is 9.10. The lowest BCUT2D eigenvalue weighted by atomic mass is 10.2. The van der Waals surface area contributed by atoms with Gasteiger partial charge in [0.15, 0.2) is 0 Å². The predicted molar refractivity (Wildman–Crippen MR) is 70.1 cm³/mol. The molecule has 2 rings (SSSR count). The van der Waals surface area contributed by atoms with Crippen LogP contribution in [0.1, 0.15) is 5.56 Å². The van der Waals surface area contributed by atoms with Crippen LogP contribution in [0.25, 0.3) is 0 Å². The lowest BCUT2D eigenvalue weighted by molar-refractivity contribution is 0.473. The van der Waals surface area contributed by atoms with Crippen molar-refractivity contribution in [3.63, 3.8) is 0 Å². The molecule has 0 amide bonds. The van der Waals surface area contributed by atoms with Gasteiger partial charge in [0, 0.05) is 11.9 Å². The molecule has 94 valence electrons. The number of halogens is 4. The molecule has 2 aromatic carbocycles. The van der Waals surface area contributed by atoms with Gasteiger partial charge in [0.25, 0.3) is 0 Å². The van der Waals surface area contributed by atoms with Gasteiger partial charge in [-0.2, -0.15) is 0 Å². The Morgan fingerprint density at radius 1 is 1.06 bits per heavy atom. The Bertz CT molecular complexity index is 575. The van der Waals surface area contributed by atoms with Gasteiger partial charge in [-0.3, -0.25) is 0 Å². The highest BCUT2D eigenvalue weighted by Crippen LogP contribution is 2.27. The maximum Gasteiger partial charge on any atom is 0.137 e. The number of ether oxygens (including phenoxy) is 1. The van der Waals surface area contributed by atoms with Crippen molar-refractivity contribution in [3.05, 3.63) is 58.1 Å². The van der Waals surface area contributed by atoms with Crippen molar-refractivity contribution >= 4 is 27.5 Å². The van der Waals surface area contributed by atoms with E-state index >= 15 is 0 Å². The molecule has 0 spiro atoms. The molecule has 2 aromatic rings. The molecule has 0 saturated carbocycles. The Hall–Kier alpha value is -1.13. The summed E-state index contributed by atoms with van der Waals surface area (Å²) in [6.45, 7) is 0. The van der Waals surface area contributed by atoms with E-state index in [4.69, 9.17) is 16.3 Å². The lowest BCUT2D eigenvalue weighted by Crippen LogP contribution is -1.89. The Balaban J connectivity index is 2.27. The van der Waals surface area contributed by atoms with Gasteiger partial charge in [0.2, 0.25) is 0 Å². The predicted octanol–water partition coefficient (Wildman–Crippen LogP) is 5.26. The number of benzene rings is 2. The third kappa shape index (κ3) is 3.21. The summed E-state index contributed by atoms with van der Waals surface area (Å²) in [6, 6.07) is 8.41. The van der Waals surface area contributed by atoms with Crippen LogP contribution in [0.2, 0.25) is 0 Å². The van der Waals surface area contributed by atoms with Crippen molar-refractivity contribution in [3.8, 4) is 11.5 Å². The standard InChI is InChI=1S/C13H8BrClF2O/c14-12-6-10(1-2-13(12)17)18-11-4-8(7-15)3-9(16)5-11/h1-6H,7H2. The van der Waals surface area contributed by atoms with E-state index < -0.39 is 5.82 Å². The molecule has 5 heteroatoms. The number of hydrogen-bond donors (Lipinski definition) is 0. The molecule has 0 aliphatic heterocycles. The molecule has 0 aliphatic rings. The van der Waals surface area contributed by atoms with Crippen LogP contribution >= 0.6 is 27.5 Å². The first kappa shape index (κ1) is 13.3. The van der Waals surface area contributed by atoms with Gasteiger partial charge in [-0.25, -0.2) is 8.78 Å². The van der Waals surface area contributed by atoms with E-state index in [9.17, 15) is 8.78 Å². The fourth-order valence-corrected chi connectivity index (χ4v) is 1.95. The summed E-state index contributed by atoms with van der Waals surface area (Å²) in [7, 11) is 0. The van der Waals surface area contributed by atoms with Crippen molar-refractivity contribution in [2.24, 2.45) is 0 Å². The first-order valence-electron chi connectivity index (χ1n) is 5.07. The summed E-state index contributed by atoms with van der Waals surface area (Å²) in [6.07, 6.45) is 0. The summed E-state index contributed by atoms with van der Waals surface area (Å²) in [5.41, 5.74) is 0.618. The van der Waals surface area contributed by atoms with Gasteiger partial charge in [-0.05, 0) is 51.8 Å². The molecule has 1 nitrogen and oxygen atoms in total. The van der Waals surface area contributed by atoms with Crippen LogP contribution in [0.3, 0.4) is 0 Å². The van der Waals surface area contributed by atoms with Gasteiger partial charge in [-0.1, -0.05) is 0 Å². The summed E-state index contributed by atoms with van der Waals surface area (Å²) >= 11 is 8.69. The minimum atomic E-state index is -0.427. The highest BCUT2D eigenvalue weighted by atomic mass is 79.9. The maximum absolute atomic E-state index is 13.3. The first-order valence-corrected chi connectivity index (χ1v) is 6.39. The Morgan fingerprint density at radius 2 is 1.83 bits per heavy atom. The molecular weight excluding hydrogens is 325 g/mol. The SMILES string of the molecule is Fc1cc(CCl)cc(Oc2ccc(F)c(Br)c2)c1. The molecule has 0 unspecified atom stereocenters. The normalized spacial score (nSPS) is 10.4. The van der Waals surface area contributed by atoms with E-state index in [0.29, 0.717) is 17.1 Å². The second-order valence-electron chi connectivity index (χ2n) is 3.61. The molecule has 0 aliphatic carbocycles. The maximum atomic E-state index is 13.3. The summed E-state index contributed by atoms with van der Waals surface area (Å²) in [5.74, 6) is 0.118. The first-order chi connectivity index (χ1) is 8.58. The van der Waals surface area contributed by atoms with E-state index in [1.54, 1.807) is 6.07 Å². The molecular formula is C13H8BrClF2O. The van der Waals surface area contributed by atoms with E-state index in [0.717, 1.165) is 0 Å². The van der Waals surface area contributed by atoms with Crippen LogP contribution in [-0.4, -0.2) is 0 Å². The Kier molecular flexibility index (Phi) is 4.19. The topological polar surface area (TPSA) is 9.23 Å². The average molecular weight is 334 g/mol. The third-order valence-corrected chi connectivity index (χ3v) is 3.13. The number of rotatable bonds is 3. The molecule has 0 saturated heterocycles. The molecule has 0 aromatic heterocycles. The van der Waals surface area contributed by atoms with Gasteiger partial charge in [0.1, 0.15) is 23.1 Å². The zero-order chi connectivity index (χ0) is 13.1. The summed E-state index contributed by atoms with van der Waals surface area (Å²) in [5, 5.41) is 0. The fourth-order valence-electron chi connectivity index (χ4n) is 1.43. The smallest absolute Gasteiger partial charge is 0.137 e. The van der Waals surface area contributed by atoms with Crippen molar-refractivity contribution in [1.82, 2.24) is 0 Å². The van der Waals surface area contributed by atoms with Crippen LogP contribution < -0.4 is 4.74 Å². The third-order valence-electron chi connectivity index (χ3n) is 2.21. The second-order valence-corrected chi connectivity index (χ2v) is 4.73. The summed E-state index contributed by atoms with van der Waals surface area (Å²) in [4.78, 5) is 0. The van der Waals surface area contributed by atoms with Gasteiger partial charge >= 0.3 is 0 Å². The van der Waals surface area contributed by atoms with Crippen LogP contribution in [0, 0.1) is 11.6 Å². The van der Waals surface area contributed by atoms with E-state index in [-0.39, 0.29) is 16.2 Å². The van der Waals surface area contributed by atoms with Crippen molar-refractivity contribution < 1.29 is 13.5 Å². The monoisotopic (exact) mass is 332 g/mol. The Morgan fingerprint density at radius 3 is 2.50 bits per heavy atom. The summed E-state index contributed by atoms with van der Waals surface area (Å²) < 4.78 is 32.0. The van der Waals surface area contributed by atoms with Gasteiger partial charge in [-0.15, -0.1) is 11.6 Å². The van der Waals surface area contributed by atoms with Crippen molar-refractivity contribution in [2.45, 2.75) is 5.88 Å². The van der Waals surface area contributed by atoms with Crippen LogP contribution in [0.5, 0.6) is 11.5 Å². The van der Waals surface area contributed by atoms with Gasteiger partial charge in [0.05, 0.1) is 4.47 Å². The lowest BCUT2D eigenvalue weighted by Gasteiger charge is -2.08. The largest absolute Gasteiger partial charge is 0.457 e. The zero-order valence-corrected chi connectivity index (χ0v) is 11.4. The quantitative estimate of drug-likeness (QED) is 0.696. The molecule has 0 bridgehead atoms. The number of alkyl halides is 1. The molecule has 0 fully saturated rings. The van der Waals surface area contributed by atoms with Crippen LogP contribution in [-0.2, 0) is 5.88 Å². The molecule has 0 radical (unpaired) electrons. The van der Waals surface area contributed by atoms with E-state index in [2.05, 4.69) is 15.9 Å². The minimum absolute atomic E-state index is 0.196. The van der Waals surface area contributed by atoms with E-state index in [1.807, 2.05) is 0 Å². The average Bonchev–Trinajstić information content (AvgIpc) is 2.33. The molecule has 0 heterocycles. The van der Waals surface area contributed by atoms with Crippen molar-refractivity contribution in [1.29, 1.82) is 0 Å². The second kappa shape index (κ2) is 5.67. The zero-order valence-electron chi connectivity index (χ0n) is 9.09. The van der Waals surface area contributed by atoms with Crippen molar-refractivity contribution in [2.75, 3.05) is 0 Å². The minimum Gasteiger partial charge on any atom is -0.457 e. The number of hydrogen-bond acceptors (Lipinski definition) is 1.